The molecule has 0 amide bonds. The Bertz CT molecular complexity index is 402. The number of rotatable bonds is 5. The van der Waals surface area contributed by atoms with Crippen LogP contribution in [-0.4, -0.2) is 25.2 Å². The molecule has 3 unspecified atom stereocenters. The largest absolute Gasteiger partial charge is 0.497 e. The molecule has 3 atom stereocenters. The van der Waals surface area contributed by atoms with Crippen molar-refractivity contribution in [1.29, 1.82) is 0 Å². The molecule has 0 saturated heterocycles. The number of methoxy groups -OCH3 is 1. The van der Waals surface area contributed by atoms with Gasteiger partial charge in [-0.05, 0) is 37.1 Å². The van der Waals surface area contributed by atoms with Crippen LogP contribution in [0.25, 0.3) is 0 Å². The summed E-state index contributed by atoms with van der Waals surface area (Å²) in [6.45, 7) is 0. The molecule has 0 radical (unpaired) electrons. The van der Waals surface area contributed by atoms with Crippen LogP contribution in [0.2, 0.25) is 0 Å². The van der Waals surface area contributed by atoms with E-state index >= 15 is 0 Å². The van der Waals surface area contributed by atoms with Gasteiger partial charge in [-0.1, -0.05) is 12.1 Å². The van der Waals surface area contributed by atoms with Crippen molar-refractivity contribution in [2.45, 2.75) is 12.5 Å². The molecular weight excluding hydrogens is 218 g/mol. The number of aliphatic carboxylic acids is 1. The molecule has 2 rings (SSSR count). The van der Waals surface area contributed by atoms with Crippen molar-refractivity contribution in [3.63, 3.8) is 0 Å². The third-order valence-corrected chi connectivity index (χ3v) is 3.37. The zero-order valence-electron chi connectivity index (χ0n) is 10.0. The quantitative estimate of drug-likeness (QED) is 0.815. The maximum Gasteiger partial charge on any atom is 0.306 e. The molecule has 0 bridgehead atoms. The van der Waals surface area contributed by atoms with Crippen LogP contribution < -0.4 is 10.1 Å². The standard InChI is InChI=1S/C13H17NO3/c1-14-12(10-7-11(10)13(15)16)8-3-5-9(17-2)6-4-8/h3-6,10-12,14H,7H2,1-2H3,(H,15,16). The first-order chi connectivity index (χ1) is 8.17. The lowest BCUT2D eigenvalue weighted by molar-refractivity contribution is -0.138. The van der Waals surface area contributed by atoms with Crippen LogP contribution in [0.3, 0.4) is 0 Å². The molecule has 1 saturated carbocycles. The lowest BCUT2D eigenvalue weighted by Gasteiger charge is -2.16. The molecule has 0 aliphatic heterocycles. The molecule has 0 spiro atoms. The van der Waals surface area contributed by atoms with Gasteiger partial charge in [-0.3, -0.25) is 4.79 Å². The van der Waals surface area contributed by atoms with Crippen LogP contribution in [0, 0.1) is 11.8 Å². The van der Waals surface area contributed by atoms with Crippen LogP contribution in [0.4, 0.5) is 0 Å². The average molecular weight is 235 g/mol. The molecule has 0 heterocycles. The molecule has 1 aliphatic rings. The van der Waals surface area contributed by atoms with Gasteiger partial charge in [0.1, 0.15) is 5.75 Å². The highest BCUT2D eigenvalue weighted by atomic mass is 16.5. The number of carboxylic acids is 1. The van der Waals surface area contributed by atoms with E-state index in [1.165, 1.54) is 0 Å². The number of carboxylic acid groups (broad SMARTS) is 1. The zero-order chi connectivity index (χ0) is 12.4. The van der Waals surface area contributed by atoms with Crippen LogP contribution in [0.5, 0.6) is 5.75 Å². The number of hydrogen-bond acceptors (Lipinski definition) is 3. The Morgan fingerprint density at radius 1 is 1.47 bits per heavy atom. The maximum atomic E-state index is 10.9. The van der Waals surface area contributed by atoms with E-state index in [1.54, 1.807) is 7.11 Å². The third-order valence-electron chi connectivity index (χ3n) is 3.37. The first-order valence-corrected chi connectivity index (χ1v) is 5.71. The van der Waals surface area contributed by atoms with Crippen molar-refractivity contribution in [2.24, 2.45) is 11.8 Å². The van der Waals surface area contributed by atoms with Gasteiger partial charge in [0.25, 0.3) is 0 Å². The van der Waals surface area contributed by atoms with Crippen molar-refractivity contribution in [3.05, 3.63) is 29.8 Å². The molecule has 2 N–H and O–H groups in total. The molecule has 0 aromatic heterocycles. The maximum absolute atomic E-state index is 10.9. The van der Waals surface area contributed by atoms with E-state index in [1.807, 2.05) is 31.3 Å². The molecule has 1 aliphatic carbocycles. The van der Waals surface area contributed by atoms with Gasteiger partial charge in [0, 0.05) is 6.04 Å². The van der Waals surface area contributed by atoms with Gasteiger partial charge >= 0.3 is 5.97 Å². The minimum atomic E-state index is -0.691. The third kappa shape index (κ3) is 2.42. The van der Waals surface area contributed by atoms with E-state index in [0.717, 1.165) is 17.7 Å². The van der Waals surface area contributed by atoms with Crippen LogP contribution in [0.1, 0.15) is 18.0 Å². The van der Waals surface area contributed by atoms with Gasteiger partial charge in [0.2, 0.25) is 0 Å². The lowest BCUT2D eigenvalue weighted by Crippen LogP contribution is -2.20. The van der Waals surface area contributed by atoms with Gasteiger partial charge in [-0.25, -0.2) is 0 Å². The van der Waals surface area contributed by atoms with E-state index in [-0.39, 0.29) is 17.9 Å². The van der Waals surface area contributed by atoms with Crippen molar-refractivity contribution >= 4 is 5.97 Å². The van der Waals surface area contributed by atoms with Crippen molar-refractivity contribution in [3.8, 4) is 5.75 Å². The minimum Gasteiger partial charge on any atom is -0.497 e. The average Bonchev–Trinajstić information content (AvgIpc) is 3.11. The molecule has 17 heavy (non-hydrogen) atoms. The summed E-state index contributed by atoms with van der Waals surface area (Å²) >= 11 is 0. The molecule has 1 aromatic rings. The summed E-state index contributed by atoms with van der Waals surface area (Å²) in [4.78, 5) is 10.9. The van der Waals surface area contributed by atoms with Gasteiger partial charge in [0.05, 0.1) is 13.0 Å². The lowest BCUT2D eigenvalue weighted by atomic mass is 10.0. The highest BCUT2D eigenvalue weighted by molar-refractivity contribution is 5.73. The summed E-state index contributed by atoms with van der Waals surface area (Å²) in [6, 6.07) is 7.88. The SMILES string of the molecule is CNC(c1ccc(OC)cc1)C1CC1C(=O)O. The van der Waals surface area contributed by atoms with Gasteiger partial charge in [-0.15, -0.1) is 0 Å². The summed E-state index contributed by atoms with van der Waals surface area (Å²) in [5.74, 6) is 0.124. The Hall–Kier alpha value is -1.55. The van der Waals surface area contributed by atoms with Gasteiger partial charge in [-0.2, -0.15) is 0 Å². The fourth-order valence-corrected chi connectivity index (χ4v) is 2.31. The second kappa shape index (κ2) is 4.75. The van der Waals surface area contributed by atoms with E-state index in [2.05, 4.69) is 5.32 Å². The van der Waals surface area contributed by atoms with Crippen LogP contribution in [0.15, 0.2) is 24.3 Å². The molecular formula is C13H17NO3. The Morgan fingerprint density at radius 2 is 2.12 bits per heavy atom. The normalized spacial score (nSPS) is 24.1. The number of benzene rings is 1. The molecule has 1 fully saturated rings. The second-order valence-corrected chi connectivity index (χ2v) is 4.38. The van der Waals surface area contributed by atoms with Crippen molar-refractivity contribution in [2.75, 3.05) is 14.2 Å². The van der Waals surface area contributed by atoms with Crippen molar-refractivity contribution < 1.29 is 14.6 Å². The Morgan fingerprint density at radius 3 is 2.53 bits per heavy atom. The number of ether oxygens (including phenoxy) is 1. The highest BCUT2D eigenvalue weighted by Crippen LogP contribution is 2.47. The number of carbonyl (C=O) groups is 1. The molecule has 92 valence electrons. The first kappa shape index (κ1) is 11.9. The Kier molecular flexibility index (Phi) is 3.33. The summed E-state index contributed by atoms with van der Waals surface area (Å²) in [7, 11) is 3.50. The fraction of sp³-hybridized carbons (Fsp3) is 0.462. The predicted molar refractivity (Wildman–Crippen MR) is 64.0 cm³/mol. The predicted octanol–water partition coefficient (Wildman–Crippen LogP) is 1.68. The van der Waals surface area contributed by atoms with E-state index in [0.29, 0.717) is 0 Å². The van der Waals surface area contributed by atoms with E-state index < -0.39 is 5.97 Å². The second-order valence-electron chi connectivity index (χ2n) is 4.38. The zero-order valence-corrected chi connectivity index (χ0v) is 10.0. The first-order valence-electron chi connectivity index (χ1n) is 5.71. The fourth-order valence-electron chi connectivity index (χ4n) is 2.31. The Balaban J connectivity index is 2.10. The summed E-state index contributed by atoms with van der Waals surface area (Å²) in [5, 5.41) is 12.1. The van der Waals surface area contributed by atoms with Crippen LogP contribution >= 0.6 is 0 Å². The number of nitrogens with one attached hydrogen (secondary N) is 1. The molecule has 1 aromatic carbocycles. The van der Waals surface area contributed by atoms with E-state index in [9.17, 15) is 4.79 Å². The molecule has 4 nitrogen and oxygen atoms in total. The number of hydrogen-bond donors (Lipinski definition) is 2. The van der Waals surface area contributed by atoms with Gasteiger partial charge < -0.3 is 15.2 Å². The summed E-state index contributed by atoms with van der Waals surface area (Å²) in [6.07, 6.45) is 0.757. The summed E-state index contributed by atoms with van der Waals surface area (Å²) < 4.78 is 5.10. The molecule has 4 heteroatoms. The van der Waals surface area contributed by atoms with Crippen LogP contribution in [-0.2, 0) is 4.79 Å². The minimum absolute atomic E-state index is 0.113. The Labute approximate surface area is 101 Å². The van der Waals surface area contributed by atoms with E-state index in [4.69, 9.17) is 9.84 Å². The highest BCUT2D eigenvalue weighted by Gasteiger charge is 2.47. The monoisotopic (exact) mass is 235 g/mol. The summed E-state index contributed by atoms with van der Waals surface area (Å²) in [5.41, 5.74) is 1.11. The van der Waals surface area contributed by atoms with Gasteiger partial charge in [0.15, 0.2) is 0 Å². The van der Waals surface area contributed by atoms with Crippen molar-refractivity contribution in [1.82, 2.24) is 5.32 Å². The smallest absolute Gasteiger partial charge is 0.306 e. The topological polar surface area (TPSA) is 58.6 Å².